The lowest BCUT2D eigenvalue weighted by Crippen LogP contribution is -2.28. The van der Waals surface area contributed by atoms with Crippen LogP contribution in [0.3, 0.4) is 0 Å². The number of nitrogens with one attached hydrogen (secondary N) is 1. The Bertz CT molecular complexity index is 884. The summed E-state index contributed by atoms with van der Waals surface area (Å²) in [5.74, 6) is -1.24. The van der Waals surface area contributed by atoms with E-state index in [1.807, 2.05) is 0 Å². The van der Waals surface area contributed by atoms with Crippen LogP contribution in [0.1, 0.15) is 6.42 Å². The Morgan fingerprint density at radius 1 is 1.18 bits per heavy atom. The highest BCUT2D eigenvalue weighted by molar-refractivity contribution is 6.33. The summed E-state index contributed by atoms with van der Waals surface area (Å²) in [5.41, 5.74) is 1.12. The predicted octanol–water partition coefficient (Wildman–Crippen LogP) is 2.88. The van der Waals surface area contributed by atoms with E-state index in [2.05, 4.69) is 5.32 Å². The van der Waals surface area contributed by atoms with Crippen molar-refractivity contribution in [1.29, 1.82) is 0 Å². The van der Waals surface area contributed by atoms with Gasteiger partial charge in [0.15, 0.2) is 6.61 Å². The summed E-state index contributed by atoms with van der Waals surface area (Å²) in [6.07, 6.45) is 0.0180. The van der Waals surface area contributed by atoms with Gasteiger partial charge in [0.05, 0.1) is 23.7 Å². The van der Waals surface area contributed by atoms with E-state index in [0.29, 0.717) is 22.1 Å². The summed E-state index contributed by atoms with van der Waals surface area (Å²) < 4.78 is 10.1. The SMILES string of the molecule is COc1ccc(NC(=O)COC(=O)[C@@H]2CC(=O)N(c3ccccc3Cl)C2)cc1. The number of carbonyl (C=O) groups excluding carboxylic acids is 3. The maximum Gasteiger partial charge on any atom is 0.311 e. The molecule has 1 atom stereocenters. The number of hydrogen-bond donors (Lipinski definition) is 1. The molecule has 1 saturated heterocycles. The van der Waals surface area contributed by atoms with E-state index in [1.165, 1.54) is 4.90 Å². The number of carbonyl (C=O) groups is 3. The van der Waals surface area contributed by atoms with Crippen molar-refractivity contribution in [1.82, 2.24) is 0 Å². The largest absolute Gasteiger partial charge is 0.497 e. The lowest BCUT2D eigenvalue weighted by molar-refractivity contribution is -0.151. The van der Waals surface area contributed by atoms with Gasteiger partial charge < -0.3 is 19.7 Å². The Morgan fingerprint density at radius 2 is 1.89 bits per heavy atom. The number of ether oxygens (including phenoxy) is 2. The lowest BCUT2D eigenvalue weighted by Gasteiger charge is -2.17. The third-order valence-corrected chi connectivity index (χ3v) is 4.64. The first-order valence-corrected chi connectivity index (χ1v) is 9.01. The molecule has 1 heterocycles. The number of amides is 2. The quantitative estimate of drug-likeness (QED) is 0.751. The minimum Gasteiger partial charge on any atom is -0.497 e. The van der Waals surface area contributed by atoms with Gasteiger partial charge >= 0.3 is 5.97 Å². The van der Waals surface area contributed by atoms with E-state index >= 15 is 0 Å². The van der Waals surface area contributed by atoms with Crippen LogP contribution in [0.5, 0.6) is 5.75 Å². The molecule has 2 aromatic carbocycles. The fraction of sp³-hybridized carbons (Fsp3) is 0.250. The highest BCUT2D eigenvalue weighted by Gasteiger charge is 2.37. The van der Waals surface area contributed by atoms with Gasteiger partial charge in [-0.2, -0.15) is 0 Å². The first-order valence-electron chi connectivity index (χ1n) is 8.63. The molecule has 0 aliphatic carbocycles. The second-order valence-corrected chi connectivity index (χ2v) is 6.65. The molecule has 2 aromatic rings. The monoisotopic (exact) mass is 402 g/mol. The third-order valence-electron chi connectivity index (χ3n) is 4.32. The van der Waals surface area contributed by atoms with Gasteiger partial charge in [0.2, 0.25) is 5.91 Å². The summed E-state index contributed by atoms with van der Waals surface area (Å²) in [7, 11) is 1.55. The van der Waals surface area contributed by atoms with Gasteiger partial charge in [0.25, 0.3) is 5.91 Å². The minimum absolute atomic E-state index is 0.0180. The molecule has 0 unspecified atom stereocenters. The standard InChI is InChI=1S/C20H19ClN2O5/c1-27-15-8-6-14(7-9-15)22-18(24)12-28-20(26)13-10-19(25)23(11-13)17-5-3-2-4-16(17)21/h2-9,13H,10-12H2,1H3,(H,22,24)/t13-/m1/s1. The number of halogens is 1. The van der Waals surface area contributed by atoms with Crippen LogP contribution in [0, 0.1) is 5.92 Å². The fourth-order valence-electron chi connectivity index (χ4n) is 2.89. The predicted molar refractivity (Wildman–Crippen MR) is 104 cm³/mol. The average molecular weight is 403 g/mol. The topological polar surface area (TPSA) is 84.9 Å². The van der Waals surface area contributed by atoms with Crippen LogP contribution in [0.4, 0.5) is 11.4 Å². The van der Waals surface area contributed by atoms with Crippen LogP contribution in [0.15, 0.2) is 48.5 Å². The van der Waals surface area contributed by atoms with Crippen LogP contribution in [-0.2, 0) is 19.1 Å². The van der Waals surface area contributed by atoms with Crippen LogP contribution in [0.25, 0.3) is 0 Å². The van der Waals surface area contributed by atoms with Crippen molar-refractivity contribution >= 4 is 40.8 Å². The number of hydrogen-bond acceptors (Lipinski definition) is 5. The normalized spacial score (nSPS) is 16.0. The summed E-state index contributed by atoms with van der Waals surface area (Å²) in [4.78, 5) is 37.9. The van der Waals surface area contributed by atoms with Crippen molar-refractivity contribution in [2.24, 2.45) is 5.92 Å². The summed E-state index contributed by atoms with van der Waals surface area (Å²) >= 11 is 6.12. The van der Waals surface area contributed by atoms with Gasteiger partial charge in [-0.25, -0.2) is 0 Å². The summed E-state index contributed by atoms with van der Waals surface area (Å²) in [5, 5.41) is 3.06. The van der Waals surface area contributed by atoms with Crippen LogP contribution < -0.4 is 15.0 Å². The van der Waals surface area contributed by atoms with Crippen LogP contribution in [-0.4, -0.2) is 38.0 Å². The van der Waals surface area contributed by atoms with E-state index in [0.717, 1.165) is 0 Å². The molecule has 1 N–H and O–H groups in total. The Kier molecular flexibility index (Phi) is 6.16. The van der Waals surface area contributed by atoms with Gasteiger partial charge in [-0.05, 0) is 36.4 Å². The molecule has 0 saturated carbocycles. The van der Waals surface area contributed by atoms with Crippen molar-refractivity contribution < 1.29 is 23.9 Å². The van der Waals surface area contributed by atoms with E-state index in [9.17, 15) is 14.4 Å². The van der Waals surface area contributed by atoms with Crippen molar-refractivity contribution in [3.63, 3.8) is 0 Å². The number of nitrogens with zero attached hydrogens (tertiary/aromatic N) is 1. The molecule has 28 heavy (non-hydrogen) atoms. The molecule has 0 spiro atoms. The molecule has 146 valence electrons. The highest BCUT2D eigenvalue weighted by Crippen LogP contribution is 2.31. The number of methoxy groups -OCH3 is 1. The van der Waals surface area contributed by atoms with Crippen molar-refractivity contribution in [3.05, 3.63) is 53.6 Å². The molecule has 7 nitrogen and oxygen atoms in total. The molecule has 8 heteroatoms. The molecule has 0 radical (unpaired) electrons. The molecule has 3 rings (SSSR count). The smallest absolute Gasteiger partial charge is 0.311 e. The summed E-state index contributed by atoms with van der Waals surface area (Å²) in [6.45, 7) is -0.261. The maximum atomic E-state index is 12.3. The Balaban J connectivity index is 1.51. The number of anilines is 2. The Morgan fingerprint density at radius 3 is 2.57 bits per heavy atom. The number of esters is 1. The molecule has 2 amide bonds. The second-order valence-electron chi connectivity index (χ2n) is 6.24. The summed E-state index contributed by atoms with van der Waals surface area (Å²) in [6, 6.07) is 13.7. The lowest BCUT2D eigenvalue weighted by atomic mass is 10.1. The fourth-order valence-corrected chi connectivity index (χ4v) is 3.13. The first kappa shape index (κ1) is 19.7. The maximum absolute atomic E-state index is 12.3. The second kappa shape index (κ2) is 8.75. The molecule has 1 fully saturated rings. The zero-order valence-electron chi connectivity index (χ0n) is 15.2. The Labute approximate surface area is 167 Å². The highest BCUT2D eigenvalue weighted by atomic mass is 35.5. The van der Waals surface area contributed by atoms with Crippen molar-refractivity contribution in [2.75, 3.05) is 30.5 Å². The van der Waals surface area contributed by atoms with E-state index < -0.39 is 24.4 Å². The van der Waals surface area contributed by atoms with E-state index in [1.54, 1.807) is 55.6 Å². The third kappa shape index (κ3) is 4.61. The number of rotatable bonds is 6. The van der Waals surface area contributed by atoms with Crippen LogP contribution in [0.2, 0.25) is 5.02 Å². The van der Waals surface area contributed by atoms with E-state index in [4.69, 9.17) is 21.1 Å². The van der Waals surface area contributed by atoms with Gasteiger partial charge in [0.1, 0.15) is 5.75 Å². The zero-order valence-corrected chi connectivity index (χ0v) is 15.9. The number of benzene rings is 2. The molecular formula is C20H19ClN2O5. The van der Waals surface area contributed by atoms with Gasteiger partial charge in [0, 0.05) is 18.7 Å². The van der Waals surface area contributed by atoms with Crippen LogP contribution >= 0.6 is 11.6 Å². The molecule has 0 bridgehead atoms. The molecular weight excluding hydrogens is 384 g/mol. The van der Waals surface area contributed by atoms with Gasteiger partial charge in [-0.1, -0.05) is 23.7 Å². The average Bonchev–Trinajstić information content (AvgIpc) is 3.08. The molecule has 1 aliphatic rings. The molecule has 0 aromatic heterocycles. The first-order chi connectivity index (χ1) is 13.5. The van der Waals surface area contributed by atoms with Crippen molar-refractivity contribution in [3.8, 4) is 5.75 Å². The van der Waals surface area contributed by atoms with Gasteiger partial charge in [-0.3, -0.25) is 14.4 Å². The Hall–Kier alpha value is -3.06. The zero-order chi connectivity index (χ0) is 20.1. The van der Waals surface area contributed by atoms with Crippen molar-refractivity contribution in [2.45, 2.75) is 6.42 Å². The van der Waals surface area contributed by atoms with Gasteiger partial charge in [-0.15, -0.1) is 0 Å². The minimum atomic E-state index is -0.641. The van der Waals surface area contributed by atoms with E-state index in [-0.39, 0.29) is 18.9 Å². The number of para-hydroxylation sites is 1. The molecule has 1 aliphatic heterocycles.